The summed E-state index contributed by atoms with van der Waals surface area (Å²) in [5, 5.41) is 0. The van der Waals surface area contributed by atoms with Crippen molar-refractivity contribution in [3.8, 4) is 0 Å². The zero-order chi connectivity index (χ0) is 16.6. The molecule has 0 bridgehead atoms. The second-order valence-corrected chi connectivity index (χ2v) is 4.14. The van der Waals surface area contributed by atoms with Gasteiger partial charge < -0.3 is 10.6 Å². The first-order chi connectivity index (χ1) is 9.36. The van der Waals surface area contributed by atoms with E-state index in [4.69, 9.17) is 5.73 Å². The molecule has 118 valence electrons. The number of nitrogen functional groups attached to an aromatic ring is 1. The summed E-state index contributed by atoms with van der Waals surface area (Å²) >= 11 is 0. The number of anilines is 2. The van der Waals surface area contributed by atoms with E-state index in [0.29, 0.717) is 11.0 Å². The van der Waals surface area contributed by atoms with Crippen LogP contribution in [0.1, 0.15) is 5.56 Å². The van der Waals surface area contributed by atoms with E-state index in [2.05, 4.69) is 0 Å². The van der Waals surface area contributed by atoms with Gasteiger partial charge in [0, 0.05) is 12.6 Å². The molecule has 1 rings (SSSR count). The number of carbonyl (C=O) groups is 1. The molecule has 0 aliphatic heterocycles. The fourth-order valence-corrected chi connectivity index (χ4v) is 1.61. The van der Waals surface area contributed by atoms with E-state index in [1.165, 1.54) is 0 Å². The van der Waals surface area contributed by atoms with Crippen LogP contribution in [0.3, 0.4) is 0 Å². The van der Waals surface area contributed by atoms with Crippen LogP contribution in [0.5, 0.6) is 0 Å². The van der Waals surface area contributed by atoms with Crippen molar-refractivity contribution >= 4 is 17.8 Å². The minimum absolute atomic E-state index is 0.108. The maximum absolute atomic E-state index is 13.8. The van der Waals surface area contributed by atoms with Gasteiger partial charge in [-0.05, 0) is 12.1 Å². The number of rotatable bonds is 3. The zero-order valence-corrected chi connectivity index (χ0v) is 10.4. The SMILES string of the molecule is CN(C=O)c1cc(C(F)(C(F)(F)F)C(F)(F)F)ccc1N. The van der Waals surface area contributed by atoms with Crippen molar-refractivity contribution in [3.63, 3.8) is 0 Å². The molecule has 0 aromatic heterocycles. The van der Waals surface area contributed by atoms with Gasteiger partial charge >= 0.3 is 18.0 Å². The van der Waals surface area contributed by atoms with Gasteiger partial charge in [-0.25, -0.2) is 4.39 Å². The normalized spacial score (nSPS) is 13.1. The lowest BCUT2D eigenvalue weighted by Crippen LogP contribution is -2.50. The van der Waals surface area contributed by atoms with Gasteiger partial charge in [-0.3, -0.25) is 4.79 Å². The molecule has 0 aliphatic carbocycles. The third kappa shape index (κ3) is 2.74. The van der Waals surface area contributed by atoms with Crippen molar-refractivity contribution < 1.29 is 35.5 Å². The summed E-state index contributed by atoms with van der Waals surface area (Å²) in [6, 6.07) is 1.18. The van der Waals surface area contributed by atoms with Crippen molar-refractivity contribution in [1.29, 1.82) is 0 Å². The van der Waals surface area contributed by atoms with E-state index >= 15 is 0 Å². The van der Waals surface area contributed by atoms with E-state index in [-0.39, 0.29) is 24.2 Å². The molecular weight excluding hydrogens is 309 g/mol. The highest BCUT2D eigenvalue weighted by molar-refractivity contribution is 5.82. The number of amides is 1. The number of alkyl halides is 7. The molecule has 0 spiro atoms. The van der Waals surface area contributed by atoms with Crippen LogP contribution in [0.25, 0.3) is 0 Å². The van der Waals surface area contributed by atoms with Crippen LogP contribution >= 0.6 is 0 Å². The summed E-state index contributed by atoms with van der Waals surface area (Å²) < 4.78 is 89.4. The van der Waals surface area contributed by atoms with Gasteiger partial charge in [0.1, 0.15) is 0 Å². The summed E-state index contributed by atoms with van der Waals surface area (Å²) in [5.74, 6) is 0. The number of halogens is 7. The molecule has 2 N–H and O–H groups in total. The molecule has 0 radical (unpaired) electrons. The summed E-state index contributed by atoms with van der Waals surface area (Å²) in [7, 11) is 1.05. The quantitative estimate of drug-likeness (QED) is 0.529. The lowest BCUT2D eigenvalue weighted by molar-refractivity contribution is -0.348. The molecule has 1 aromatic rings. The predicted octanol–water partition coefficient (Wildman–Crippen LogP) is 3.15. The Morgan fingerprint density at radius 2 is 1.52 bits per heavy atom. The van der Waals surface area contributed by atoms with Crippen molar-refractivity contribution in [1.82, 2.24) is 0 Å². The van der Waals surface area contributed by atoms with Crippen LogP contribution in [-0.2, 0) is 10.5 Å². The van der Waals surface area contributed by atoms with Crippen LogP contribution in [0.15, 0.2) is 18.2 Å². The van der Waals surface area contributed by atoms with E-state index in [0.717, 1.165) is 7.05 Å². The van der Waals surface area contributed by atoms with Crippen molar-refractivity contribution in [2.45, 2.75) is 18.0 Å². The van der Waals surface area contributed by atoms with Crippen molar-refractivity contribution in [3.05, 3.63) is 23.8 Å². The Morgan fingerprint density at radius 1 is 1.05 bits per heavy atom. The number of carbonyl (C=O) groups excluding carboxylic acids is 1. The molecule has 0 atom stereocenters. The van der Waals surface area contributed by atoms with Gasteiger partial charge in [0.15, 0.2) is 0 Å². The van der Waals surface area contributed by atoms with Gasteiger partial charge in [-0.2, -0.15) is 26.3 Å². The molecule has 0 saturated carbocycles. The first kappa shape index (κ1) is 17.1. The highest BCUT2D eigenvalue weighted by atomic mass is 19.4. The molecule has 10 heteroatoms. The topological polar surface area (TPSA) is 46.3 Å². The van der Waals surface area contributed by atoms with Crippen LogP contribution in [0, 0.1) is 0 Å². The summed E-state index contributed by atoms with van der Waals surface area (Å²) in [5.41, 5.74) is -2.68. The van der Waals surface area contributed by atoms with E-state index in [1.54, 1.807) is 0 Å². The van der Waals surface area contributed by atoms with Crippen molar-refractivity contribution in [2.75, 3.05) is 17.7 Å². The highest BCUT2D eigenvalue weighted by Gasteiger charge is 2.73. The Morgan fingerprint density at radius 3 is 1.90 bits per heavy atom. The third-order valence-corrected chi connectivity index (χ3v) is 2.75. The van der Waals surface area contributed by atoms with E-state index in [1.807, 2.05) is 0 Å². The Hall–Kier alpha value is -2.00. The van der Waals surface area contributed by atoms with Crippen LogP contribution in [-0.4, -0.2) is 25.8 Å². The summed E-state index contributed by atoms with van der Waals surface area (Å²) in [4.78, 5) is 11.2. The van der Waals surface area contributed by atoms with Crippen molar-refractivity contribution in [2.24, 2.45) is 0 Å². The molecule has 0 heterocycles. The van der Waals surface area contributed by atoms with Gasteiger partial charge in [0.25, 0.3) is 0 Å². The lowest BCUT2D eigenvalue weighted by Gasteiger charge is -2.31. The largest absolute Gasteiger partial charge is 0.435 e. The molecule has 0 saturated heterocycles. The summed E-state index contributed by atoms with van der Waals surface area (Å²) in [6.07, 6.45) is -12.3. The molecule has 1 amide bonds. The molecule has 1 aromatic carbocycles. The van der Waals surface area contributed by atoms with Crippen LogP contribution in [0.4, 0.5) is 42.1 Å². The fourth-order valence-electron chi connectivity index (χ4n) is 1.61. The van der Waals surface area contributed by atoms with Gasteiger partial charge in [-0.15, -0.1) is 0 Å². The first-order valence-corrected chi connectivity index (χ1v) is 5.26. The minimum atomic E-state index is -6.22. The van der Waals surface area contributed by atoms with E-state index in [9.17, 15) is 35.5 Å². The predicted molar refractivity (Wildman–Crippen MR) is 60.2 cm³/mol. The Labute approximate surface area is 114 Å². The smallest absolute Gasteiger partial charge is 0.397 e. The maximum Gasteiger partial charge on any atom is 0.435 e. The Kier molecular flexibility index (Phi) is 4.13. The van der Waals surface area contributed by atoms with Gasteiger partial charge in [-0.1, -0.05) is 6.07 Å². The second kappa shape index (κ2) is 5.08. The number of nitrogens with zero attached hydrogens (tertiary/aromatic N) is 1. The second-order valence-electron chi connectivity index (χ2n) is 4.14. The third-order valence-electron chi connectivity index (χ3n) is 2.75. The fraction of sp³-hybridized carbons (Fsp3) is 0.364. The summed E-state index contributed by atoms with van der Waals surface area (Å²) in [6.45, 7) is 0. The molecule has 0 unspecified atom stereocenters. The lowest BCUT2D eigenvalue weighted by atomic mass is 9.93. The molecule has 21 heavy (non-hydrogen) atoms. The number of nitrogens with two attached hydrogens (primary N) is 1. The number of hydrogen-bond acceptors (Lipinski definition) is 2. The monoisotopic (exact) mass is 318 g/mol. The van der Waals surface area contributed by atoms with Crippen LogP contribution in [0.2, 0.25) is 0 Å². The Bertz CT molecular complexity index is 524. The van der Waals surface area contributed by atoms with Crippen LogP contribution < -0.4 is 10.6 Å². The molecule has 0 fully saturated rings. The molecule has 3 nitrogen and oxygen atoms in total. The maximum atomic E-state index is 13.8. The first-order valence-electron chi connectivity index (χ1n) is 5.26. The average molecular weight is 318 g/mol. The number of benzene rings is 1. The number of hydrogen-bond donors (Lipinski definition) is 1. The van der Waals surface area contributed by atoms with Gasteiger partial charge in [0.2, 0.25) is 6.41 Å². The Balaban J connectivity index is 3.59. The molecular formula is C11H9F7N2O. The van der Waals surface area contributed by atoms with E-state index < -0.39 is 29.3 Å². The molecule has 0 aliphatic rings. The standard InChI is InChI=1S/C11H9F7N2O/c1-20(5-21)8-4-6(2-3-7(8)19)9(12,10(13,14)15)11(16,17)18/h2-5H,19H2,1H3. The minimum Gasteiger partial charge on any atom is -0.397 e. The zero-order valence-electron chi connectivity index (χ0n) is 10.4. The van der Waals surface area contributed by atoms with Gasteiger partial charge in [0.05, 0.1) is 11.4 Å². The highest BCUT2D eigenvalue weighted by Crippen LogP contribution is 2.53. The average Bonchev–Trinajstić information content (AvgIpc) is 2.34.